The summed E-state index contributed by atoms with van der Waals surface area (Å²) in [6.07, 6.45) is 2.07. The van der Waals surface area contributed by atoms with E-state index < -0.39 is 6.10 Å². The molecule has 1 aromatic rings. The molecule has 1 saturated heterocycles. The lowest BCUT2D eigenvalue weighted by Crippen LogP contribution is -2.44. The Balaban J connectivity index is 1.56. The van der Waals surface area contributed by atoms with Gasteiger partial charge in [0.2, 0.25) is 0 Å². The van der Waals surface area contributed by atoms with E-state index in [0.29, 0.717) is 12.5 Å². The number of likely N-dealkylation sites (N-methyl/N-ethyl adjacent to an activating group) is 1. The summed E-state index contributed by atoms with van der Waals surface area (Å²) in [5, 5.41) is 2.97. The summed E-state index contributed by atoms with van der Waals surface area (Å²) in [5.41, 5.74) is 3.31. The summed E-state index contributed by atoms with van der Waals surface area (Å²) >= 11 is 0. The van der Waals surface area contributed by atoms with E-state index >= 15 is 0 Å². The van der Waals surface area contributed by atoms with Crippen LogP contribution < -0.4 is 10.2 Å². The Morgan fingerprint density at radius 2 is 2.00 bits per heavy atom. The molecule has 0 radical (unpaired) electrons. The predicted octanol–water partition coefficient (Wildman–Crippen LogP) is 2.50. The van der Waals surface area contributed by atoms with Crippen molar-refractivity contribution >= 4 is 17.3 Å². The van der Waals surface area contributed by atoms with Gasteiger partial charge in [0, 0.05) is 37.6 Å². The van der Waals surface area contributed by atoms with Crippen molar-refractivity contribution in [2.75, 3.05) is 50.1 Å². The molecule has 0 bridgehead atoms. The number of hydrogen-bond donors (Lipinski definition) is 1. The second-order valence-corrected chi connectivity index (χ2v) is 7.20. The third-order valence-corrected chi connectivity index (χ3v) is 4.96. The summed E-state index contributed by atoms with van der Waals surface area (Å²) in [7, 11) is 2.16. The van der Waals surface area contributed by atoms with Crippen molar-refractivity contribution in [2.24, 2.45) is 5.92 Å². The molecule has 2 aliphatic rings. The molecule has 1 aliphatic carbocycles. The molecule has 2 fully saturated rings. The van der Waals surface area contributed by atoms with Gasteiger partial charge in [-0.3, -0.25) is 4.79 Å². The molecule has 0 unspecified atom stereocenters. The van der Waals surface area contributed by atoms with Gasteiger partial charge in [-0.25, -0.2) is 0 Å². The maximum Gasteiger partial charge on any atom is 0.253 e. The van der Waals surface area contributed by atoms with Crippen molar-refractivity contribution in [3.8, 4) is 0 Å². The van der Waals surface area contributed by atoms with Gasteiger partial charge in [-0.15, -0.1) is 0 Å². The maximum absolute atomic E-state index is 12.2. The van der Waals surface area contributed by atoms with E-state index in [9.17, 15) is 4.79 Å². The number of hydrogen-bond acceptors (Lipinski definition) is 4. The van der Waals surface area contributed by atoms with Crippen LogP contribution in [0.25, 0.3) is 0 Å². The number of nitrogens with zero attached hydrogens (tertiary/aromatic N) is 2. The zero-order chi connectivity index (χ0) is 17.1. The van der Waals surface area contributed by atoms with Gasteiger partial charge in [0.15, 0.2) is 0 Å². The van der Waals surface area contributed by atoms with Crippen molar-refractivity contribution in [2.45, 2.75) is 32.8 Å². The van der Waals surface area contributed by atoms with Crippen LogP contribution in [0.3, 0.4) is 0 Å². The number of amides is 1. The summed E-state index contributed by atoms with van der Waals surface area (Å²) in [6, 6.07) is 6.16. The van der Waals surface area contributed by atoms with Crippen LogP contribution in [-0.4, -0.2) is 56.7 Å². The molecule has 0 spiro atoms. The van der Waals surface area contributed by atoms with E-state index in [-0.39, 0.29) is 5.91 Å². The second kappa shape index (κ2) is 7.53. The molecule has 1 saturated carbocycles. The average molecular weight is 331 g/mol. The number of carbonyl (C=O) groups excluding carboxylic acids is 1. The minimum absolute atomic E-state index is 0.0672. The number of nitrogens with one attached hydrogen (secondary N) is 1. The molecule has 1 aromatic carbocycles. The van der Waals surface area contributed by atoms with Gasteiger partial charge in [0.25, 0.3) is 5.91 Å². The first-order chi connectivity index (χ1) is 11.5. The first kappa shape index (κ1) is 17.2. The molecule has 1 amide bonds. The number of ether oxygens (including phenoxy) is 1. The number of rotatable bonds is 6. The van der Waals surface area contributed by atoms with Crippen molar-refractivity contribution in [1.82, 2.24) is 4.90 Å². The summed E-state index contributed by atoms with van der Waals surface area (Å²) in [6.45, 7) is 8.92. The highest BCUT2D eigenvalue weighted by atomic mass is 16.5. The molecule has 132 valence electrons. The van der Waals surface area contributed by atoms with Crippen molar-refractivity contribution < 1.29 is 9.53 Å². The highest BCUT2D eigenvalue weighted by Gasteiger charge is 2.24. The Bertz CT molecular complexity index is 578. The van der Waals surface area contributed by atoms with Gasteiger partial charge < -0.3 is 19.9 Å². The quantitative estimate of drug-likeness (QED) is 0.870. The zero-order valence-corrected chi connectivity index (χ0v) is 15.0. The highest BCUT2D eigenvalue weighted by Crippen LogP contribution is 2.29. The van der Waals surface area contributed by atoms with Crippen molar-refractivity contribution in [3.05, 3.63) is 23.8 Å². The van der Waals surface area contributed by atoms with Crippen LogP contribution in [0, 0.1) is 12.8 Å². The van der Waals surface area contributed by atoms with Crippen LogP contribution in [-0.2, 0) is 9.53 Å². The largest absolute Gasteiger partial charge is 0.369 e. The maximum atomic E-state index is 12.2. The second-order valence-electron chi connectivity index (χ2n) is 7.20. The first-order valence-electron chi connectivity index (χ1n) is 8.99. The molecule has 24 heavy (non-hydrogen) atoms. The third-order valence-electron chi connectivity index (χ3n) is 4.96. The fraction of sp³-hybridized carbons (Fsp3) is 0.632. The number of benzene rings is 1. The predicted molar refractivity (Wildman–Crippen MR) is 97.7 cm³/mol. The lowest BCUT2D eigenvalue weighted by molar-refractivity contribution is -0.126. The average Bonchev–Trinajstić information content (AvgIpc) is 3.38. The number of piperazine rings is 1. The molecular weight excluding hydrogens is 302 g/mol. The van der Waals surface area contributed by atoms with Gasteiger partial charge in [0.1, 0.15) is 6.10 Å². The van der Waals surface area contributed by atoms with E-state index in [2.05, 4.69) is 41.2 Å². The number of anilines is 2. The molecule has 1 heterocycles. The van der Waals surface area contributed by atoms with E-state index in [1.807, 2.05) is 13.0 Å². The zero-order valence-electron chi connectivity index (χ0n) is 15.0. The molecular formula is C19H29N3O2. The van der Waals surface area contributed by atoms with E-state index in [0.717, 1.165) is 31.9 Å². The highest BCUT2D eigenvalue weighted by molar-refractivity contribution is 5.94. The van der Waals surface area contributed by atoms with Crippen LogP contribution in [0.1, 0.15) is 25.3 Å². The lowest BCUT2D eigenvalue weighted by Gasteiger charge is -2.35. The monoisotopic (exact) mass is 331 g/mol. The van der Waals surface area contributed by atoms with E-state index in [1.54, 1.807) is 0 Å². The molecule has 5 nitrogen and oxygen atoms in total. The number of carbonyl (C=O) groups is 1. The van der Waals surface area contributed by atoms with E-state index in [4.69, 9.17) is 4.74 Å². The van der Waals surface area contributed by atoms with Gasteiger partial charge >= 0.3 is 0 Å². The van der Waals surface area contributed by atoms with Crippen LogP contribution in [0.15, 0.2) is 18.2 Å². The Morgan fingerprint density at radius 1 is 1.29 bits per heavy atom. The molecule has 5 heteroatoms. The Kier molecular flexibility index (Phi) is 5.41. The summed E-state index contributed by atoms with van der Waals surface area (Å²) in [5.74, 6) is 0.604. The van der Waals surface area contributed by atoms with Crippen LogP contribution in [0.2, 0.25) is 0 Å². The fourth-order valence-corrected chi connectivity index (χ4v) is 3.02. The summed E-state index contributed by atoms with van der Waals surface area (Å²) in [4.78, 5) is 17.0. The fourth-order valence-electron chi connectivity index (χ4n) is 3.02. The van der Waals surface area contributed by atoms with Gasteiger partial charge in [0.05, 0.1) is 6.61 Å². The molecule has 1 aliphatic heterocycles. The van der Waals surface area contributed by atoms with Gasteiger partial charge in [-0.2, -0.15) is 0 Å². The van der Waals surface area contributed by atoms with E-state index in [1.165, 1.54) is 24.1 Å². The molecule has 0 aromatic heterocycles. The van der Waals surface area contributed by atoms with Gasteiger partial charge in [-0.1, -0.05) is 0 Å². The minimum atomic E-state index is -0.400. The minimum Gasteiger partial charge on any atom is -0.369 e. The number of aryl methyl sites for hydroxylation is 1. The van der Waals surface area contributed by atoms with Crippen molar-refractivity contribution in [3.63, 3.8) is 0 Å². The van der Waals surface area contributed by atoms with Crippen LogP contribution in [0.5, 0.6) is 0 Å². The Labute approximate surface area is 145 Å². The van der Waals surface area contributed by atoms with Gasteiger partial charge in [-0.05, 0) is 63.4 Å². The third kappa shape index (κ3) is 4.48. The van der Waals surface area contributed by atoms with Crippen LogP contribution >= 0.6 is 0 Å². The molecule has 1 atom stereocenters. The lowest BCUT2D eigenvalue weighted by atomic mass is 10.1. The SMILES string of the molecule is Cc1cc(NC(=O)[C@@H](C)OCC2CC2)ccc1N1CCN(C)CC1. The molecule has 1 N–H and O–H groups in total. The Hall–Kier alpha value is -1.59. The first-order valence-corrected chi connectivity index (χ1v) is 8.99. The van der Waals surface area contributed by atoms with Crippen molar-refractivity contribution in [1.29, 1.82) is 0 Å². The topological polar surface area (TPSA) is 44.8 Å². The smallest absolute Gasteiger partial charge is 0.253 e. The summed E-state index contributed by atoms with van der Waals surface area (Å²) < 4.78 is 5.63. The Morgan fingerprint density at radius 3 is 2.62 bits per heavy atom. The normalized spacial score (nSPS) is 20.0. The standard InChI is InChI=1S/C19H29N3O2/c1-14-12-17(20-19(23)15(2)24-13-16-4-5-16)6-7-18(14)22-10-8-21(3)9-11-22/h6-7,12,15-16H,4-5,8-11,13H2,1-3H3,(H,20,23)/t15-/m1/s1. The molecule has 3 rings (SSSR count). The van der Waals surface area contributed by atoms with Crippen LogP contribution in [0.4, 0.5) is 11.4 Å².